The molecule has 1 aliphatic heterocycles. The zero-order valence-electron chi connectivity index (χ0n) is 10.2. The van der Waals surface area contributed by atoms with Gasteiger partial charge in [0, 0.05) is 19.8 Å². The van der Waals surface area contributed by atoms with Gasteiger partial charge in [0.2, 0.25) is 5.91 Å². The fraction of sp³-hybridized carbons (Fsp3) is 0.917. The molecule has 4 nitrogen and oxygen atoms in total. The second-order valence-corrected chi connectivity index (χ2v) is 4.83. The molecule has 0 aromatic rings. The van der Waals surface area contributed by atoms with Crippen LogP contribution in [0.4, 0.5) is 0 Å². The minimum absolute atomic E-state index is 0.0241. The lowest BCUT2D eigenvalue weighted by Crippen LogP contribution is -2.39. The summed E-state index contributed by atoms with van der Waals surface area (Å²) < 4.78 is 5.26. The Bertz CT molecular complexity index is 212. The Balaban J connectivity index is 2.27. The van der Waals surface area contributed by atoms with E-state index in [1.165, 1.54) is 0 Å². The van der Waals surface area contributed by atoms with Crippen molar-refractivity contribution in [1.29, 1.82) is 0 Å². The van der Waals surface area contributed by atoms with Gasteiger partial charge >= 0.3 is 0 Å². The van der Waals surface area contributed by atoms with Gasteiger partial charge in [-0.1, -0.05) is 13.8 Å². The Morgan fingerprint density at radius 2 is 2.06 bits per heavy atom. The van der Waals surface area contributed by atoms with Crippen LogP contribution in [-0.2, 0) is 9.53 Å². The lowest BCUT2D eigenvalue weighted by Gasteiger charge is -2.24. The predicted octanol–water partition coefficient (Wildman–Crippen LogP) is 0.794. The van der Waals surface area contributed by atoms with Crippen molar-refractivity contribution in [3.8, 4) is 0 Å². The summed E-state index contributed by atoms with van der Waals surface area (Å²) in [5, 5.41) is 12.1. The van der Waals surface area contributed by atoms with Crippen molar-refractivity contribution in [3.63, 3.8) is 0 Å². The van der Waals surface area contributed by atoms with Crippen LogP contribution >= 0.6 is 0 Å². The monoisotopic (exact) mass is 229 g/mol. The Kier molecular flexibility index (Phi) is 5.77. The molecule has 0 aliphatic carbocycles. The second kappa shape index (κ2) is 6.86. The van der Waals surface area contributed by atoms with Crippen LogP contribution < -0.4 is 5.32 Å². The fourth-order valence-corrected chi connectivity index (χ4v) is 1.92. The molecule has 1 aliphatic rings. The SMILES string of the molecule is CC(C)C(CO)C(=O)NCC1CCOCC1. The molecule has 0 bridgehead atoms. The average Bonchev–Trinajstić information content (AvgIpc) is 2.28. The highest BCUT2D eigenvalue weighted by Crippen LogP contribution is 2.14. The van der Waals surface area contributed by atoms with Crippen LogP contribution in [0.1, 0.15) is 26.7 Å². The van der Waals surface area contributed by atoms with E-state index in [2.05, 4.69) is 5.32 Å². The van der Waals surface area contributed by atoms with Gasteiger partial charge in [0.25, 0.3) is 0 Å². The Hall–Kier alpha value is -0.610. The topological polar surface area (TPSA) is 58.6 Å². The first-order valence-electron chi connectivity index (χ1n) is 6.11. The van der Waals surface area contributed by atoms with Crippen LogP contribution in [0.3, 0.4) is 0 Å². The first-order chi connectivity index (χ1) is 7.65. The van der Waals surface area contributed by atoms with E-state index in [1.54, 1.807) is 0 Å². The lowest BCUT2D eigenvalue weighted by atomic mass is 9.95. The predicted molar refractivity (Wildman–Crippen MR) is 62.0 cm³/mol. The van der Waals surface area contributed by atoms with Crippen LogP contribution in [0.5, 0.6) is 0 Å². The van der Waals surface area contributed by atoms with Crippen LogP contribution in [0.25, 0.3) is 0 Å². The van der Waals surface area contributed by atoms with Gasteiger partial charge in [0.15, 0.2) is 0 Å². The number of hydrogen-bond acceptors (Lipinski definition) is 3. The molecule has 4 heteroatoms. The van der Waals surface area contributed by atoms with Gasteiger partial charge in [-0.25, -0.2) is 0 Å². The molecule has 2 N–H and O–H groups in total. The molecular formula is C12H23NO3. The lowest BCUT2D eigenvalue weighted by molar-refractivity contribution is -0.128. The molecule has 1 heterocycles. The molecule has 0 aromatic heterocycles. The molecule has 1 atom stereocenters. The molecule has 0 saturated carbocycles. The summed E-state index contributed by atoms with van der Waals surface area (Å²) in [6.07, 6.45) is 2.04. The van der Waals surface area contributed by atoms with E-state index in [4.69, 9.17) is 9.84 Å². The van der Waals surface area contributed by atoms with Gasteiger partial charge in [0.05, 0.1) is 12.5 Å². The van der Waals surface area contributed by atoms with Gasteiger partial charge in [-0.2, -0.15) is 0 Å². The maximum atomic E-state index is 11.8. The van der Waals surface area contributed by atoms with Gasteiger partial charge in [-0.05, 0) is 24.7 Å². The van der Waals surface area contributed by atoms with Crippen molar-refractivity contribution in [1.82, 2.24) is 5.32 Å². The highest BCUT2D eigenvalue weighted by molar-refractivity contribution is 5.78. The maximum absolute atomic E-state index is 11.8. The number of carbonyl (C=O) groups is 1. The van der Waals surface area contributed by atoms with Crippen LogP contribution in [0.15, 0.2) is 0 Å². The fourth-order valence-electron chi connectivity index (χ4n) is 1.92. The summed E-state index contributed by atoms with van der Waals surface area (Å²) in [5.74, 6) is 0.410. The van der Waals surface area contributed by atoms with E-state index in [1.807, 2.05) is 13.8 Å². The molecule has 1 fully saturated rings. The normalized spacial score (nSPS) is 19.8. The zero-order chi connectivity index (χ0) is 12.0. The molecule has 0 aromatic carbocycles. The van der Waals surface area contributed by atoms with Crippen LogP contribution in [0, 0.1) is 17.8 Å². The van der Waals surface area contributed by atoms with Gasteiger partial charge in [-0.15, -0.1) is 0 Å². The number of hydrogen-bond donors (Lipinski definition) is 2. The molecule has 0 spiro atoms. The summed E-state index contributed by atoms with van der Waals surface area (Å²) in [4.78, 5) is 11.8. The van der Waals surface area contributed by atoms with Gasteiger partial charge < -0.3 is 15.2 Å². The zero-order valence-corrected chi connectivity index (χ0v) is 10.2. The standard InChI is InChI=1S/C12H23NO3/c1-9(2)11(8-14)12(15)13-7-10-3-5-16-6-4-10/h9-11,14H,3-8H2,1-2H3,(H,13,15). The molecular weight excluding hydrogens is 206 g/mol. The summed E-state index contributed by atoms with van der Waals surface area (Å²) in [6.45, 7) is 6.15. The summed E-state index contributed by atoms with van der Waals surface area (Å²) in [7, 11) is 0. The van der Waals surface area contributed by atoms with E-state index in [9.17, 15) is 4.79 Å². The number of amides is 1. The third kappa shape index (κ3) is 4.10. The highest BCUT2D eigenvalue weighted by Gasteiger charge is 2.22. The number of aliphatic hydroxyl groups excluding tert-OH is 1. The molecule has 16 heavy (non-hydrogen) atoms. The third-order valence-electron chi connectivity index (χ3n) is 3.24. The van der Waals surface area contributed by atoms with Crippen molar-refractivity contribution < 1.29 is 14.6 Å². The van der Waals surface area contributed by atoms with Crippen molar-refractivity contribution >= 4 is 5.91 Å². The first kappa shape index (κ1) is 13.5. The minimum Gasteiger partial charge on any atom is -0.396 e. The smallest absolute Gasteiger partial charge is 0.225 e. The quantitative estimate of drug-likeness (QED) is 0.733. The third-order valence-corrected chi connectivity index (χ3v) is 3.24. The highest BCUT2D eigenvalue weighted by atomic mass is 16.5. The molecule has 1 unspecified atom stereocenters. The number of ether oxygens (including phenoxy) is 1. The van der Waals surface area contributed by atoms with E-state index < -0.39 is 0 Å². The van der Waals surface area contributed by atoms with Crippen molar-refractivity contribution in [2.45, 2.75) is 26.7 Å². The van der Waals surface area contributed by atoms with E-state index in [-0.39, 0.29) is 24.3 Å². The van der Waals surface area contributed by atoms with E-state index in [0.29, 0.717) is 12.5 Å². The maximum Gasteiger partial charge on any atom is 0.225 e. The molecule has 94 valence electrons. The Morgan fingerprint density at radius 1 is 1.44 bits per heavy atom. The van der Waals surface area contributed by atoms with Gasteiger partial charge in [0.1, 0.15) is 0 Å². The van der Waals surface area contributed by atoms with Crippen molar-refractivity contribution in [2.75, 3.05) is 26.4 Å². The molecule has 0 radical (unpaired) electrons. The number of carbonyl (C=O) groups excluding carboxylic acids is 1. The Labute approximate surface area is 97.4 Å². The molecule has 1 rings (SSSR count). The summed E-state index contributed by atoms with van der Waals surface area (Å²) in [5.41, 5.74) is 0. The van der Waals surface area contributed by atoms with Crippen molar-refractivity contribution in [2.24, 2.45) is 17.8 Å². The summed E-state index contributed by atoms with van der Waals surface area (Å²) in [6, 6.07) is 0. The number of aliphatic hydroxyl groups is 1. The number of rotatable bonds is 5. The van der Waals surface area contributed by atoms with Crippen LogP contribution in [0.2, 0.25) is 0 Å². The number of nitrogens with one attached hydrogen (secondary N) is 1. The Morgan fingerprint density at radius 3 is 2.56 bits per heavy atom. The largest absolute Gasteiger partial charge is 0.396 e. The second-order valence-electron chi connectivity index (χ2n) is 4.83. The van der Waals surface area contributed by atoms with Gasteiger partial charge in [-0.3, -0.25) is 4.79 Å². The molecule has 1 amide bonds. The van der Waals surface area contributed by atoms with E-state index in [0.717, 1.165) is 26.1 Å². The average molecular weight is 229 g/mol. The van der Waals surface area contributed by atoms with Crippen molar-refractivity contribution in [3.05, 3.63) is 0 Å². The minimum atomic E-state index is -0.278. The first-order valence-corrected chi connectivity index (χ1v) is 6.11. The van der Waals surface area contributed by atoms with Crippen LogP contribution in [-0.4, -0.2) is 37.4 Å². The van der Waals surface area contributed by atoms with E-state index >= 15 is 0 Å². The summed E-state index contributed by atoms with van der Waals surface area (Å²) >= 11 is 0. The molecule has 1 saturated heterocycles.